The van der Waals surface area contributed by atoms with Gasteiger partial charge in [0, 0.05) is 18.3 Å². The molecule has 2 heterocycles. The van der Waals surface area contributed by atoms with Crippen LogP contribution in [0.4, 0.5) is 0 Å². The summed E-state index contributed by atoms with van der Waals surface area (Å²) in [6.45, 7) is 2.36. The molecule has 0 aliphatic carbocycles. The second-order valence-corrected chi connectivity index (χ2v) is 5.43. The van der Waals surface area contributed by atoms with Crippen LogP contribution in [-0.4, -0.2) is 54.2 Å². The average molecular weight is 254 g/mol. The number of piperidine rings is 1. The topological polar surface area (TPSA) is 68.2 Å². The van der Waals surface area contributed by atoms with Crippen molar-refractivity contribution >= 4 is 17.7 Å². The zero-order chi connectivity index (χ0) is 12.1. The first-order chi connectivity index (χ1) is 8.31. The maximum Gasteiger partial charge on any atom is 0.238 e. The Morgan fingerprint density at radius 1 is 1.65 bits per heavy atom. The van der Waals surface area contributed by atoms with Gasteiger partial charge >= 0.3 is 0 Å². The van der Waals surface area contributed by atoms with Crippen LogP contribution in [0.1, 0.15) is 12.8 Å². The summed E-state index contributed by atoms with van der Waals surface area (Å²) >= 11 is 1.65. The van der Waals surface area contributed by atoms with Gasteiger partial charge in [-0.15, -0.1) is 11.8 Å². The third-order valence-corrected chi connectivity index (χ3v) is 4.20. The van der Waals surface area contributed by atoms with Crippen LogP contribution in [0.2, 0.25) is 0 Å². The molecule has 6 heteroatoms. The standard InChI is InChI=1S/C11H18N4OS/c12-4-10-7-17-8-15(10)11(16)6-14-9-2-1-3-13-5-9/h9-10,13-14H,1-3,5-8H2. The van der Waals surface area contributed by atoms with E-state index in [9.17, 15) is 4.79 Å². The molecule has 2 aliphatic rings. The summed E-state index contributed by atoms with van der Waals surface area (Å²) < 4.78 is 0. The van der Waals surface area contributed by atoms with Crippen molar-refractivity contribution in [2.45, 2.75) is 24.9 Å². The van der Waals surface area contributed by atoms with E-state index >= 15 is 0 Å². The Labute approximate surface area is 106 Å². The number of amides is 1. The van der Waals surface area contributed by atoms with Crippen LogP contribution in [0.3, 0.4) is 0 Å². The number of nitriles is 1. The lowest BCUT2D eigenvalue weighted by atomic mass is 10.1. The van der Waals surface area contributed by atoms with Crippen molar-refractivity contribution in [1.29, 1.82) is 5.26 Å². The van der Waals surface area contributed by atoms with E-state index in [1.807, 2.05) is 0 Å². The van der Waals surface area contributed by atoms with Crippen LogP contribution in [0, 0.1) is 11.3 Å². The first kappa shape index (κ1) is 12.7. The van der Waals surface area contributed by atoms with Gasteiger partial charge in [-0.1, -0.05) is 0 Å². The lowest BCUT2D eigenvalue weighted by Crippen LogP contribution is -2.48. The van der Waals surface area contributed by atoms with Crippen LogP contribution in [0.5, 0.6) is 0 Å². The van der Waals surface area contributed by atoms with Crippen molar-refractivity contribution in [3.05, 3.63) is 0 Å². The fourth-order valence-corrected chi connectivity index (χ4v) is 3.26. The second-order valence-electron chi connectivity index (χ2n) is 4.43. The minimum Gasteiger partial charge on any atom is -0.315 e. The van der Waals surface area contributed by atoms with Gasteiger partial charge in [0.2, 0.25) is 5.91 Å². The van der Waals surface area contributed by atoms with Crippen molar-refractivity contribution in [3.63, 3.8) is 0 Å². The minimum atomic E-state index is -0.237. The Kier molecular flexibility index (Phi) is 4.66. The molecule has 2 atom stereocenters. The highest BCUT2D eigenvalue weighted by molar-refractivity contribution is 7.99. The molecule has 0 aromatic rings. The largest absolute Gasteiger partial charge is 0.315 e. The van der Waals surface area contributed by atoms with Gasteiger partial charge in [-0.2, -0.15) is 5.26 Å². The number of rotatable bonds is 3. The number of carbonyl (C=O) groups excluding carboxylic acids is 1. The molecular weight excluding hydrogens is 236 g/mol. The number of hydrogen-bond donors (Lipinski definition) is 2. The zero-order valence-corrected chi connectivity index (χ0v) is 10.6. The fraction of sp³-hybridized carbons (Fsp3) is 0.818. The van der Waals surface area contributed by atoms with Crippen LogP contribution < -0.4 is 10.6 Å². The van der Waals surface area contributed by atoms with Gasteiger partial charge in [0.25, 0.3) is 0 Å². The lowest BCUT2D eigenvalue weighted by Gasteiger charge is -2.25. The smallest absolute Gasteiger partial charge is 0.238 e. The Bertz CT molecular complexity index is 311. The Hall–Kier alpha value is -0.770. The molecule has 2 fully saturated rings. The van der Waals surface area contributed by atoms with Crippen molar-refractivity contribution in [2.24, 2.45) is 0 Å². The number of nitrogens with one attached hydrogen (secondary N) is 2. The van der Waals surface area contributed by atoms with Crippen molar-refractivity contribution in [2.75, 3.05) is 31.3 Å². The molecule has 0 radical (unpaired) electrons. The molecule has 1 amide bonds. The summed E-state index contributed by atoms with van der Waals surface area (Å²) in [6.07, 6.45) is 2.28. The number of nitrogens with zero attached hydrogens (tertiary/aromatic N) is 2. The van der Waals surface area contributed by atoms with Gasteiger partial charge in [-0.25, -0.2) is 0 Å². The van der Waals surface area contributed by atoms with Gasteiger partial charge < -0.3 is 15.5 Å². The van der Waals surface area contributed by atoms with E-state index in [4.69, 9.17) is 5.26 Å². The molecule has 2 saturated heterocycles. The second kappa shape index (κ2) is 6.24. The maximum absolute atomic E-state index is 11.9. The highest BCUT2D eigenvalue weighted by Crippen LogP contribution is 2.19. The summed E-state index contributed by atoms with van der Waals surface area (Å²) in [5.74, 6) is 1.45. The van der Waals surface area contributed by atoms with Gasteiger partial charge in [0.05, 0.1) is 18.5 Å². The van der Waals surface area contributed by atoms with Crippen molar-refractivity contribution in [1.82, 2.24) is 15.5 Å². The van der Waals surface area contributed by atoms with Crippen LogP contribution in [-0.2, 0) is 4.79 Å². The highest BCUT2D eigenvalue weighted by Gasteiger charge is 2.29. The molecule has 0 aromatic heterocycles. The summed E-state index contributed by atoms with van der Waals surface area (Å²) in [5.41, 5.74) is 0. The summed E-state index contributed by atoms with van der Waals surface area (Å²) in [7, 11) is 0. The first-order valence-electron chi connectivity index (χ1n) is 6.02. The Morgan fingerprint density at radius 3 is 3.24 bits per heavy atom. The van der Waals surface area contributed by atoms with E-state index < -0.39 is 0 Å². The quantitative estimate of drug-likeness (QED) is 0.727. The summed E-state index contributed by atoms with van der Waals surface area (Å²) in [5, 5.41) is 15.5. The molecule has 94 valence electrons. The molecule has 5 nitrogen and oxygen atoms in total. The van der Waals surface area contributed by atoms with Gasteiger partial charge in [0.15, 0.2) is 0 Å². The average Bonchev–Trinajstić information content (AvgIpc) is 2.85. The normalized spacial score (nSPS) is 29.0. The molecule has 0 saturated carbocycles. The monoisotopic (exact) mass is 254 g/mol. The van der Waals surface area contributed by atoms with E-state index in [1.165, 1.54) is 0 Å². The van der Waals surface area contributed by atoms with E-state index in [0.717, 1.165) is 31.7 Å². The van der Waals surface area contributed by atoms with Gasteiger partial charge in [-0.3, -0.25) is 4.79 Å². The molecule has 2 aliphatic heterocycles. The molecule has 0 aromatic carbocycles. The SMILES string of the molecule is N#CC1CSCN1C(=O)CNC1CCCNC1. The van der Waals surface area contributed by atoms with Gasteiger partial charge in [-0.05, 0) is 19.4 Å². The van der Waals surface area contributed by atoms with E-state index in [2.05, 4.69) is 16.7 Å². The van der Waals surface area contributed by atoms with Crippen LogP contribution >= 0.6 is 11.8 Å². The van der Waals surface area contributed by atoms with Crippen LogP contribution in [0.25, 0.3) is 0 Å². The fourth-order valence-electron chi connectivity index (χ4n) is 2.15. The first-order valence-corrected chi connectivity index (χ1v) is 7.17. The molecule has 0 spiro atoms. The zero-order valence-electron chi connectivity index (χ0n) is 9.82. The highest BCUT2D eigenvalue weighted by atomic mass is 32.2. The molecule has 2 N–H and O–H groups in total. The minimum absolute atomic E-state index is 0.0483. The summed E-state index contributed by atoms with van der Waals surface area (Å²) in [4.78, 5) is 13.6. The molecule has 0 bridgehead atoms. The molecule has 2 rings (SSSR count). The maximum atomic E-state index is 11.9. The number of thioether (sulfide) groups is 1. The molecule has 2 unspecified atom stereocenters. The van der Waals surface area contributed by atoms with Crippen molar-refractivity contribution in [3.8, 4) is 6.07 Å². The van der Waals surface area contributed by atoms with E-state index in [0.29, 0.717) is 18.5 Å². The lowest BCUT2D eigenvalue weighted by molar-refractivity contribution is -0.129. The molecule has 17 heavy (non-hydrogen) atoms. The number of carbonyl (C=O) groups is 1. The predicted octanol–water partition coefficient (Wildman–Crippen LogP) is -0.247. The van der Waals surface area contributed by atoms with E-state index in [-0.39, 0.29) is 11.9 Å². The third kappa shape index (κ3) is 3.35. The Balaban J connectivity index is 1.75. The van der Waals surface area contributed by atoms with Crippen molar-refractivity contribution < 1.29 is 4.79 Å². The third-order valence-electron chi connectivity index (χ3n) is 3.19. The molecular formula is C11H18N4OS. The summed E-state index contributed by atoms with van der Waals surface area (Å²) in [6, 6.07) is 2.33. The van der Waals surface area contributed by atoms with Gasteiger partial charge in [0.1, 0.15) is 6.04 Å². The predicted molar refractivity (Wildman–Crippen MR) is 67.5 cm³/mol. The number of hydrogen-bond acceptors (Lipinski definition) is 5. The van der Waals surface area contributed by atoms with Crippen LogP contribution in [0.15, 0.2) is 0 Å². The van der Waals surface area contributed by atoms with E-state index in [1.54, 1.807) is 16.7 Å². The Morgan fingerprint density at radius 2 is 2.53 bits per heavy atom.